The van der Waals surface area contributed by atoms with Crippen LogP contribution in [0.4, 0.5) is 9.59 Å². The molecule has 11 heteroatoms. The summed E-state index contributed by atoms with van der Waals surface area (Å²) in [4.78, 5) is 48.6. The van der Waals surface area contributed by atoms with Gasteiger partial charge in [-0.3, -0.25) is 15.0 Å². The van der Waals surface area contributed by atoms with Gasteiger partial charge < -0.3 is 26.2 Å². The molecular formula is C27H42N6O5. The van der Waals surface area contributed by atoms with E-state index in [0.29, 0.717) is 64.2 Å². The van der Waals surface area contributed by atoms with Gasteiger partial charge in [0.1, 0.15) is 6.10 Å². The highest BCUT2D eigenvalue weighted by Crippen LogP contribution is 2.36. The lowest BCUT2D eigenvalue weighted by Crippen LogP contribution is -2.70. The Balaban J connectivity index is 1.66. The normalized spacial score (nSPS) is 20.5. The summed E-state index contributed by atoms with van der Waals surface area (Å²) in [6.45, 7) is 11.3. The van der Waals surface area contributed by atoms with Crippen molar-refractivity contribution in [1.82, 2.24) is 25.3 Å². The number of carbonyl (C=O) groups is 3. The number of likely N-dealkylation sites (tertiary alicyclic amines) is 1. The summed E-state index contributed by atoms with van der Waals surface area (Å²) in [7, 11) is 0. The highest BCUT2D eigenvalue weighted by molar-refractivity contribution is 6.01. The van der Waals surface area contributed by atoms with E-state index in [2.05, 4.69) is 17.2 Å². The molecule has 0 aliphatic carbocycles. The van der Waals surface area contributed by atoms with Crippen LogP contribution in [0.5, 0.6) is 0 Å². The zero-order chi connectivity index (χ0) is 27.9. The number of hydrogen-bond acceptors (Lipinski definition) is 7. The lowest BCUT2D eigenvalue weighted by molar-refractivity contribution is -0.298. The molecule has 0 spiro atoms. The van der Waals surface area contributed by atoms with E-state index in [1.165, 1.54) is 4.90 Å². The van der Waals surface area contributed by atoms with Gasteiger partial charge in [-0.2, -0.15) is 0 Å². The Morgan fingerprint density at radius 3 is 2.37 bits per heavy atom. The molecule has 0 aromatic heterocycles. The summed E-state index contributed by atoms with van der Waals surface area (Å²) in [6, 6.07) is 8.61. The van der Waals surface area contributed by atoms with Crippen molar-refractivity contribution < 1.29 is 24.5 Å². The van der Waals surface area contributed by atoms with Crippen molar-refractivity contribution >= 4 is 18.0 Å². The molecule has 2 aliphatic rings. The fraction of sp³-hybridized carbons (Fsp3) is 0.593. The molecule has 2 aliphatic heterocycles. The number of benzene rings is 1. The number of nitrogens with zero attached hydrogens (tertiary/aromatic N) is 3. The predicted octanol–water partition coefficient (Wildman–Crippen LogP) is 2.35. The SMILES string of the molecule is C=C(N)NCCC[C@H]1C(=O)N(C(=O)N2CCN(C(=O)NC(C)(C)C)CC2)C1[C@H](CCc1ccccc1)OO. The first-order valence-electron chi connectivity index (χ1n) is 13.2. The number of hydrogen-bond donors (Lipinski definition) is 4. The van der Waals surface area contributed by atoms with Gasteiger partial charge in [0.15, 0.2) is 0 Å². The molecule has 38 heavy (non-hydrogen) atoms. The molecule has 0 radical (unpaired) electrons. The molecule has 1 aromatic carbocycles. The summed E-state index contributed by atoms with van der Waals surface area (Å²) in [5.41, 5.74) is 6.28. The smallest absolute Gasteiger partial charge is 0.327 e. The third kappa shape index (κ3) is 7.61. The zero-order valence-corrected chi connectivity index (χ0v) is 22.7. The first-order chi connectivity index (χ1) is 18.0. The fourth-order valence-corrected chi connectivity index (χ4v) is 4.97. The van der Waals surface area contributed by atoms with E-state index in [1.54, 1.807) is 9.80 Å². The van der Waals surface area contributed by atoms with E-state index in [4.69, 9.17) is 10.6 Å². The van der Waals surface area contributed by atoms with Gasteiger partial charge in [-0.05, 0) is 52.0 Å². The maximum atomic E-state index is 13.5. The average molecular weight is 531 g/mol. The van der Waals surface area contributed by atoms with Gasteiger partial charge in [0, 0.05) is 38.3 Å². The lowest BCUT2D eigenvalue weighted by Gasteiger charge is -2.50. The van der Waals surface area contributed by atoms with Crippen molar-refractivity contribution in [3.63, 3.8) is 0 Å². The molecule has 210 valence electrons. The van der Waals surface area contributed by atoms with Crippen LogP contribution < -0.4 is 16.4 Å². The molecular weight excluding hydrogens is 488 g/mol. The molecule has 0 bridgehead atoms. The second kappa shape index (κ2) is 13.0. The minimum atomic E-state index is -0.724. The number of amides is 5. The Labute approximate surface area is 224 Å². The number of rotatable bonds is 10. The second-order valence-electron chi connectivity index (χ2n) is 11.0. The third-order valence-electron chi connectivity index (χ3n) is 6.91. The summed E-state index contributed by atoms with van der Waals surface area (Å²) >= 11 is 0. The zero-order valence-electron chi connectivity index (χ0n) is 22.7. The lowest BCUT2D eigenvalue weighted by atomic mass is 9.79. The van der Waals surface area contributed by atoms with Crippen LogP contribution in [-0.4, -0.2) is 88.3 Å². The molecule has 11 nitrogen and oxygen atoms in total. The minimum absolute atomic E-state index is 0.175. The Hall–Kier alpha value is -3.31. The number of β-lactam (4-membered cyclic amide) rings is 1. The topological polar surface area (TPSA) is 140 Å². The van der Waals surface area contributed by atoms with Gasteiger partial charge in [0.25, 0.3) is 0 Å². The van der Waals surface area contributed by atoms with E-state index >= 15 is 0 Å². The molecule has 0 saturated carbocycles. The average Bonchev–Trinajstić information content (AvgIpc) is 2.87. The molecule has 5 amide bonds. The summed E-state index contributed by atoms with van der Waals surface area (Å²) in [6.07, 6.45) is 1.50. The summed E-state index contributed by atoms with van der Waals surface area (Å²) < 4.78 is 0. The highest BCUT2D eigenvalue weighted by atomic mass is 17.1. The first-order valence-corrected chi connectivity index (χ1v) is 13.2. The number of carbonyl (C=O) groups excluding carboxylic acids is 3. The highest BCUT2D eigenvalue weighted by Gasteiger charge is 2.55. The van der Waals surface area contributed by atoms with Crippen LogP contribution in [0.2, 0.25) is 0 Å². The summed E-state index contributed by atoms with van der Waals surface area (Å²) in [5.74, 6) is -0.382. The van der Waals surface area contributed by atoms with E-state index in [1.807, 2.05) is 51.1 Å². The predicted molar refractivity (Wildman–Crippen MR) is 144 cm³/mol. The number of nitrogens with one attached hydrogen (secondary N) is 2. The van der Waals surface area contributed by atoms with Crippen LogP contribution in [0, 0.1) is 5.92 Å². The number of urea groups is 2. The molecule has 3 atom stereocenters. The van der Waals surface area contributed by atoms with Crippen molar-refractivity contribution in [1.29, 1.82) is 0 Å². The van der Waals surface area contributed by atoms with Crippen LogP contribution in [0.25, 0.3) is 0 Å². The molecule has 2 saturated heterocycles. The van der Waals surface area contributed by atoms with E-state index in [9.17, 15) is 19.6 Å². The van der Waals surface area contributed by atoms with Gasteiger partial charge in [-0.1, -0.05) is 36.9 Å². The standard InChI is InChI=1S/C27H42N6O5/c1-19(28)29-14-8-11-21-23(22(38-37)13-12-20-9-6-5-7-10-20)33(24(21)34)26(36)32-17-15-31(16-18-32)25(35)30-27(2,3)4/h5-7,9-10,21-23,29,37H,1,8,11-18,28H2,2-4H3,(H,30,35)/t21-,22+,23?/m1/s1. The monoisotopic (exact) mass is 530 g/mol. The van der Waals surface area contributed by atoms with Gasteiger partial charge >= 0.3 is 12.1 Å². The Kier molecular flexibility index (Phi) is 9.98. The maximum Gasteiger partial charge on any atom is 0.327 e. The van der Waals surface area contributed by atoms with Gasteiger partial charge in [0.2, 0.25) is 5.91 Å². The Morgan fingerprint density at radius 2 is 1.79 bits per heavy atom. The largest absolute Gasteiger partial charge is 0.386 e. The van der Waals surface area contributed by atoms with Gasteiger partial charge in [0.05, 0.1) is 17.8 Å². The molecule has 2 fully saturated rings. The third-order valence-corrected chi connectivity index (χ3v) is 6.91. The first kappa shape index (κ1) is 29.2. The van der Waals surface area contributed by atoms with E-state index in [0.717, 1.165) is 5.56 Å². The van der Waals surface area contributed by atoms with Crippen molar-refractivity contribution in [2.24, 2.45) is 11.7 Å². The summed E-state index contributed by atoms with van der Waals surface area (Å²) in [5, 5.41) is 15.7. The van der Waals surface area contributed by atoms with E-state index in [-0.39, 0.29) is 17.5 Å². The fourth-order valence-electron chi connectivity index (χ4n) is 4.97. The van der Waals surface area contributed by atoms with Crippen molar-refractivity contribution in [3.05, 3.63) is 48.3 Å². The molecule has 3 rings (SSSR count). The number of nitrogens with two attached hydrogens (primary N) is 1. The van der Waals surface area contributed by atoms with E-state index < -0.39 is 24.1 Å². The van der Waals surface area contributed by atoms with Crippen LogP contribution in [0.15, 0.2) is 42.7 Å². The Morgan fingerprint density at radius 1 is 1.16 bits per heavy atom. The van der Waals surface area contributed by atoms with Crippen molar-refractivity contribution in [2.45, 2.75) is 64.1 Å². The van der Waals surface area contributed by atoms with Gasteiger partial charge in [-0.15, -0.1) is 0 Å². The maximum absolute atomic E-state index is 13.5. The quantitative estimate of drug-likeness (QED) is 0.158. The number of imide groups is 1. The molecule has 1 aromatic rings. The minimum Gasteiger partial charge on any atom is -0.386 e. The van der Waals surface area contributed by atoms with Crippen LogP contribution in [-0.2, 0) is 16.1 Å². The van der Waals surface area contributed by atoms with Crippen LogP contribution >= 0.6 is 0 Å². The molecule has 1 unspecified atom stereocenters. The van der Waals surface area contributed by atoms with Crippen LogP contribution in [0.1, 0.15) is 45.6 Å². The van der Waals surface area contributed by atoms with Crippen molar-refractivity contribution in [3.8, 4) is 0 Å². The molecule has 2 heterocycles. The van der Waals surface area contributed by atoms with Gasteiger partial charge in [-0.25, -0.2) is 14.5 Å². The molecule has 5 N–H and O–H groups in total. The Bertz CT molecular complexity index is 974. The van der Waals surface area contributed by atoms with Crippen LogP contribution in [0.3, 0.4) is 0 Å². The number of piperazine rings is 1. The second-order valence-corrected chi connectivity index (χ2v) is 11.0. The van der Waals surface area contributed by atoms with Crippen molar-refractivity contribution in [2.75, 3.05) is 32.7 Å². The number of aryl methyl sites for hydroxylation is 1.